The molecule has 1 atom stereocenters. The van der Waals surface area contributed by atoms with Gasteiger partial charge >= 0.3 is 0 Å². The van der Waals surface area contributed by atoms with E-state index in [1.165, 1.54) is 0 Å². The number of rotatable bonds is 9. The molecular formula is C18H25NO3. The van der Waals surface area contributed by atoms with E-state index in [0.717, 1.165) is 29.9 Å². The fourth-order valence-corrected chi connectivity index (χ4v) is 2.60. The molecule has 0 fully saturated rings. The van der Waals surface area contributed by atoms with Gasteiger partial charge in [0.25, 0.3) is 0 Å². The Morgan fingerprint density at radius 2 is 2.00 bits per heavy atom. The highest BCUT2D eigenvalue weighted by Crippen LogP contribution is 2.21. The maximum atomic E-state index is 10.1. The van der Waals surface area contributed by atoms with Crippen LogP contribution < -0.4 is 4.74 Å². The van der Waals surface area contributed by atoms with Crippen molar-refractivity contribution < 1.29 is 14.3 Å². The fraction of sp³-hybridized carbons (Fsp3) is 0.444. The van der Waals surface area contributed by atoms with E-state index in [1.807, 2.05) is 30.3 Å². The van der Waals surface area contributed by atoms with Crippen LogP contribution in [0.5, 0.6) is 5.75 Å². The van der Waals surface area contributed by atoms with E-state index in [1.54, 1.807) is 13.4 Å². The number of ether oxygens (including phenoxy) is 1. The number of aliphatic hydroxyl groups excluding tert-OH is 1. The van der Waals surface area contributed by atoms with Crippen molar-refractivity contribution in [3.05, 3.63) is 54.0 Å². The predicted molar refractivity (Wildman–Crippen MR) is 86.7 cm³/mol. The molecule has 0 bridgehead atoms. The summed E-state index contributed by atoms with van der Waals surface area (Å²) in [6, 6.07) is 11.8. The average molecular weight is 303 g/mol. The zero-order chi connectivity index (χ0) is 15.8. The summed E-state index contributed by atoms with van der Waals surface area (Å²) in [4.78, 5) is 2.19. The minimum Gasteiger partial charge on any atom is -0.496 e. The predicted octanol–water partition coefficient (Wildman–Crippen LogP) is 3.45. The molecule has 120 valence electrons. The second-order valence-corrected chi connectivity index (χ2v) is 5.50. The molecule has 0 spiro atoms. The Kier molecular flexibility index (Phi) is 6.49. The lowest BCUT2D eigenvalue weighted by molar-refractivity contribution is 0.0927. The Labute approximate surface area is 132 Å². The van der Waals surface area contributed by atoms with Crippen LogP contribution in [-0.4, -0.2) is 29.8 Å². The van der Waals surface area contributed by atoms with Crippen LogP contribution in [0.2, 0.25) is 0 Å². The van der Waals surface area contributed by atoms with Crippen LogP contribution >= 0.6 is 0 Å². The molecule has 4 nitrogen and oxygen atoms in total. The van der Waals surface area contributed by atoms with Crippen molar-refractivity contribution in [2.24, 2.45) is 0 Å². The number of benzene rings is 1. The van der Waals surface area contributed by atoms with Gasteiger partial charge in [0.1, 0.15) is 11.5 Å². The summed E-state index contributed by atoms with van der Waals surface area (Å²) in [5.41, 5.74) is 1.11. The van der Waals surface area contributed by atoms with Gasteiger partial charge in [0.05, 0.1) is 26.0 Å². The molecule has 2 rings (SSSR count). The number of nitrogens with zero attached hydrogens (tertiary/aromatic N) is 1. The molecule has 22 heavy (non-hydrogen) atoms. The molecule has 0 radical (unpaired) electrons. The van der Waals surface area contributed by atoms with Crippen molar-refractivity contribution in [2.75, 3.05) is 13.7 Å². The summed E-state index contributed by atoms with van der Waals surface area (Å²) in [7, 11) is 1.68. The smallest absolute Gasteiger partial charge is 0.123 e. The van der Waals surface area contributed by atoms with Crippen LogP contribution in [-0.2, 0) is 13.1 Å². The van der Waals surface area contributed by atoms with Crippen LogP contribution in [0.1, 0.15) is 31.1 Å². The first kappa shape index (κ1) is 16.6. The van der Waals surface area contributed by atoms with Gasteiger partial charge in [-0.3, -0.25) is 4.90 Å². The number of para-hydroxylation sites is 1. The number of hydrogen-bond donors (Lipinski definition) is 1. The average Bonchev–Trinajstić information content (AvgIpc) is 3.01. The zero-order valence-electron chi connectivity index (χ0n) is 13.4. The Bertz CT molecular complexity index is 539. The molecule has 1 aromatic heterocycles. The summed E-state index contributed by atoms with van der Waals surface area (Å²) < 4.78 is 10.9. The van der Waals surface area contributed by atoms with Gasteiger partial charge < -0.3 is 14.3 Å². The first-order valence-corrected chi connectivity index (χ1v) is 7.77. The molecular weight excluding hydrogens is 278 g/mol. The summed E-state index contributed by atoms with van der Waals surface area (Å²) in [6.07, 6.45) is 3.14. The monoisotopic (exact) mass is 303 g/mol. The highest BCUT2D eigenvalue weighted by molar-refractivity contribution is 5.33. The zero-order valence-corrected chi connectivity index (χ0v) is 13.4. The molecule has 1 heterocycles. The van der Waals surface area contributed by atoms with Crippen molar-refractivity contribution in [3.63, 3.8) is 0 Å². The lowest BCUT2D eigenvalue weighted by Crippen LogP contribution is -2.31. The van der Waals surface area contributed by atoms with Crippen LogP contribution in [0, 0.1) is 0 Å². The molecule has 0 aliphatic carbocycles. The van der Waals surface area contributed by atoms with Gasteiger partial charge in [-0.15, -0.1) is 0 Å². The minimum absolute atomic E-state index is 0.324. The van der Waals surface area contributed by atoms with E-state index >= 15 is 0 Å². The largest absolute Gasteiger partial charge is 0.496 e. The molecule has 0 saturated heterocycles. The Hall–Kier alpha value is -1.78. The quantitative estimate of drug-likeness (QED) is 0.770. The summed E-state index contributed by atoms with van der Waals surface area (Å²) >= 11 is 0. The van der Waals surface area contributed by atoms with Gasteiger partial charge in [-0.05, 0) is 24.6 Å². The lowest BCUT2D eigenvalue weighted by atomic mass is 10.1. The molecule has 0 unspecified atom stereocenters. The third-order valence-corrected chi connectivity index (χ3v) is 3.64. The first-order chi connectivity index (χ1) is 10.7. The van der Waals surface area contributed by atoms with Gasteiger partial charge in [-0.25, -0.2) is 0 Å². The van der Waals surface area contributed by atoms with Gasteiger partial charge in [-0.2, -0.15) is 0 Å². The Morgan fingerprint density at radius 3 is 2.68 bits per heavy atom. The van der Waals surface area contributed by atoms with Crippen LogP contribution in [0.25, 0.3) is 0 Å². The van der Waals surface area contributed by atoms with Crippen molar-refractivity contribution in [1.29, 1.82) is 0 Å². The topological polar surface area (TPSA) is 45.8 Å². The molecule has 0 saturated carbocycles. The number of methoxy groups -OCH3 is 1. The Morgan fingerprint density at radius 1 is 1.18 bits per heavy atom. The molecule has 0 aliphatic heterocycles. The maximum absolute atomic E-state index is 10.1. The summed E-state index contributed by atoms with van der Waals surface area (Å²) in [6.45, 7) is 4.09. The minimum atomic E-state index is -0.324. The molecule has 2 aromatic rings. The molecule has 1 aromatic carbocycles. The lowest BCUT2D eigenvalue weighted by Gasteiger charge is -2.25. The van der Waals surface area contributed by atoms with Crippen molar-refractivity contribution >= 4 is 0 Å². The molecule has 0 aliphatic rings. The maximum Gasteiger partial charge on any atom is 0.123 e. The SMILES string of the molecule is CCC[C@H](O)CN(Cc1ccco1)Cc1ccccc1OC. The molecule has 0 amide bonds. The van der Waals surface area contributed by atoms with Gasteiger partial charge in [0.15, 0.2) is 0 Å². The van der Waals surface area contributed by atoms with Crippen molar-refractivity contribution in [1.82, 2.24) is 4.90 Å². The van der Waals surface area contributed by atoms with E-state index < -0.39 is 0 Å². The van der Waals surface area contributed by atoms with Gasteiger partial charge in [0, 0.05) is 18.7 Å². The van der Waals surface area contributed by atoms with Crippen LogP contribution in [0.3, 0.4) is 0 Å². The van der Waals surface area contributed by atoms with E-state index in [0.29, 0.717) is 19.6 Å². The molecule has 4 heteroatoms. The highest BCUT2D eigenvalue weighted by atomic mass is 16.5. The number of hydrogen-bond acceptors (Lipinski definition) is 4. The summed E-state index contributed by atoms with van der Waals surface area (Å²) in [5.74, 6) is 1.77. The van der Waals surface area contributed by atoms with Crippen molar-refractivity contribution in [2.45, 2.75) is 39.0 Å². The first-order valence-electron chi connectivity index (χ1n) is 7.77. The third-order valence-electron chi connectivity index (χ3n) is 3.64. The fourth-order valence-electron chi connectivity index (χ4n) is 2.60. The van der Waals surface area contributed by atoms with E-state index in [2.05, 4.69) is 17.9 Å². The van der Waals surface area contributed by atoms with Crippen molar-refractivity contribution in [3.8, 4) is 5.75 Å². The van der Waals surface area contributed by atoms with E-state index in [4.69, 9.17) is 9.15 Å². The standard InChI is InChI=1S/C18H25NO3/c1-3-7-16(20)13-19(14-17-9-6-11-22-17)12-15-8-4-5-10-18(15)21-2/h4-6,8-11,16,20H,3,7,12-14H2,1-2H3/t16-/m0/s1. The number of furan rings is 1. The van der Waals surface area contributed by atoms with Crippen LogP contribution in [0.4, 0.5) is 0 Å². The second kappa shape index (κ2) is 8.61. The second-order valence-electron chi connectivity index (χ2n) is 5.50. The normalized spacial score (nSPS) is 12.5. The van der Waals surface area contributed by atoms with Crippen LogP contribution in [0.15, 0.2) is 47.1 Å². The summed E-state index contributed by atoms with van der Waals surface area (Å²) in [5, 5.41) is 10.1. The van der Waals surface area contributed by atoms with E-state index in [9.17, 15) is 5.11 Å². The Balaban J connectivity index is 2.09. The number of aliphatic hydroxyl groups is 1. The third kappa shape index (κ3) is 4.90. The molecule has 1 N–H and O–H groups in total. The highest BCUT2D eigenvalue weighted by Gasteiger charge is 2.15. The van der Waals surface area contributed by atoms with E-state index in [-0.39, 0.29) is 6.10 Å². The van der Waals surface area contributed by atoms with Gasteiger partial charge in [-0.1, -0.05) is 31.5 Å². The van der Waals surface area contributed by atoms with Gasteiger partial charge in [0.2, 0.25) is 0 Å².